The van der Waals surface area contributed by atoms with Gasteiger partial charge in [-0.15, -0.1) is 0 Å². The summed E-state index contributed by atoms with van der Waals surface area (Å²) in [5.41, 5.74) is 1.07. The number of fused-ring (bicyclic) bond motifs is 1. The van der Waals surface area contributed by atoms with Gasteiger partial charge >= 0.3 is 12.7 Å². The number of nitrogens with zero attached hydrogens (tertiary/aromatic N) is 3. The second-order valence-electron chi connectivity index (χ2n) is 10.8. The topological polar surface area (TPSA) is 107 Å². The van der Waals surface area contributed by atoms with Gasteiger partial charge in [0.15, 0.2) is 5.78 Å². The quantitative estimate of drug-likeness (QED) is 0.506. The van der Waals surface area contributed by atoms with E-state index in [1.165, 1.54) is 18.6 Å². The van der Waals surface area contributed by atoms with Crippen LogP contribution in [0.1, 0.15) is 49.7 Å². The second kappa shape index (κ2) is 10.5. The monoisotopic (exact) mass is 494 g/mol. The Morgan fingerprint density at radius 1 is 1.22 bits per heavy atom. The van der Waals surface area contributed by atoms with Crippen molar-refractivity contribution >= 4 is 24.3 Å². The van der Waals surface area contributed by atoms with Crippen LogP contribution < -0.4 is 5.32 Å². The van der Waals surface area contributed by atoms with Crippen LogP contribution in [-0.2, 0) is 25.3 Å². The number of nitrogens with one attached hydrogen (secondary N) is 1. The fourth-order valence-corrected chi connectivity index (χ4v) is 5.78. The van der Waals surface area contributed by atoms with E-state index in [0.29, 0.717) is 23.8 Å². The summed E-state index contributed by atoms with van der Waals surface area (Å²) in [6.45, 7) is 4.87. The van der Waals surface area contributed by atoms with E-state index in [4.69, 9.17) is 9.31 Å². The highest BCUT2D eigenvalue weighted by atomic mass is 16.7. The largest absolute Gasteiger partial charge is 0.611 e. The minimum atomic E-state index is -2.06. The van der Waals surface area contributed by atoms with Gasteiger partial charge in [-0.1, -0.05) is 50.6 Å². The Morgan fingerprint density at radius 2 is 1.97 bits per heavy atom. The number of amides is 1. The molecule has 36 heavy (non-hydrogen) atoms. The molecule has 1 aromatic carbocycles. The van der Waals surface area contributed by atoms with E-state index in [0.717, 1.165) is 5.56 Å². The summed E-state index contributed by atoms with van der Waals surface area (Å²) in [7, 11) is 2.00. The lowest BCUT2D eigenvalue weighted by molar-refractivity contribution is -0.822. The fourth-order valence-electron chi connectivity index (χ4n) is 5.78. The average Bonchev–Trinajstić information content (AvgIpc) is 3.26. The molecule has 2 saturated heterocycles. The third-order valence-corrected chi connectivity index (χ3v) is 7.78. The van der Waals surface area contributed by atoms with E-state index >= 15 is 0 Å². The molecule has 2 aliphatic heterocycles. The molecule has 1 aromatic heterocycles. The van der Waals surface area contributed by atoms with Gasteiger partial charge in [-0.3, -0.25) is 19.4 Å². The SMILES string of the molecule is CC(C)C[C@H](CC(=O)[C@H](Cc1ccccc1)NC(=O)c1cnccn1)[B-]12OC[C@@H](C)[N+]1(C)CC(=O)O2. The number of Topliss-reactive ketones (excluding diaryl/α,β-unsaturated/α-hetero) is 1. The molecule has 5 atom stereocenters. The van der Waals surface area contributed by atoms with Crippen LogP contribution in [-0.4, -0.2) is 71.0 Å². The summed E-state index contributed by atoms with van der Waals surface area (Å²) >= 11 is 0. The van der Waals surface area contributed by atoms with Crippen molar-refractivity contribution < 1.29 is 28.1 Å². The van der Waals surface area contributed by atoms with Crippen LogP contribution >= 0.6 is 0 Å². The van der Waals surface area contributed by atoms with Crippen molar-refractivity contribution in [2.45, 2.75) is 57.9 Å². The third-order valence-electron chi connectivity index (χ3n) is 7.78. The molecule has 192 valence electrons. The first-order valence-corrected chi connectivity index (χ1v) is 12.6. The molecule has 10 heteroatoms. The Hall–Kier alpha value is -3.11. The van der Waals surface area contributed by atoms with Gasteiger partial charge in [0.2, 0.25) is 0 Å². The lowest BCUT2D eigenvalue weighted by Crippen LogP contribution is -2.65. The van der Waals surface area contributed by atoms with Crippen LogP contribution in [0.2, 0.25) is 5.82 Å². The van der Waals surface area contributed by atoms with Gasteiger partial charge in [0, 0.05) is 19.4 Å². The lowest BCUT2D eigenvalue weighted by Gasteiger charge is -2.48. The zero-order valence-electron chi connectivity index (χ0n) is 21.4. The van der Waals surface area contributed by atoms with Crippen LogP contribution in [0.3, 0.4) is 0 Å². The predicted octanol–water partition coefficient (Wildman–Crippen LogP) is 2.55. The maximum atomic E-state index is 13.9. The number of carbonyl (C=O) groups excluding carboxylic acids is 3. The molecule has 2 fully saturated rings. The Morgan fingerprint density at radius 3 is 2.64 bits per heavy atom. The second-order valence-corrected chi connectivity index (χ2v) is 10.8. The van der Waals surface area contributed by atoms with Crippen molar-refractivity contribution in [2.75, 3.05) is 20.2 Å². The van der Waals surface area contributed by atoms with Crippen molar-refractivity contribution in [1.82, 2.24) is 15.3 Å². The van der Waals surface area contributed by atoms with Gasteiger partial charge in [0.1, 0.15) is 12.2 Å². The number of hydrogen-bond donors (Lipinski definition) is 1. The highest BCUT2D eigenvalue weighted by Crippen LogP contribution is 2.48. The van der Waals surface area contributed by atoms with Crippen LogP contribution in [0, 0.1) is 5.92 Å². The van der Waals surface area contributed by atoms with E-state index < -0.39 is 18.6 Å². The summed E-state index contributed by atoms with van der Waals surface area (Å²) in [4.78, 5) is 47.3. The Balaban J connectivity index is 1.62. The van der Waals surface area contributed by atoms with Gasteiger partial charge in [-0.2, -0.15) is 0 Å². The summed E-state index contributed by atoms with van der Waals surface area (Å²) in [6.07, 6.45) is 5.43. The molecule has 4 rings (SSSR count). The van der Waals surface area contributed by atoms with Crippen LogP contribution in [0.25, 0.3) is 0 Å². The highest BCUT2D eigenvalue weighted by molar-refractivity contribution is 6.65. The van der Waals surface area contributed by atoms with Crippen LogP contribution in [0.15, 0.2) is 48.9 Å². The van der Waals surface area contributed by atoms with Crippen molar-refractivity contribution in [3.63, 3.8) is 0 Å². The van der Waals surface area contributed by atoms with Crippen molar-refractivity contribution in [3.8, 4) is 0 Å². The Kier molecular flexibility index (Phi) is 7.56. The van der Waals surface area contributed by atoms with Crippen molar-refractivity contribution in [3.05, 3.63) is 60.2 Å². The third kappa shape index (κ3) is 5.06. The molecule has 1 amide bonds. The smallest absolute Gasteiger partial charge is 0.531 e. The zero-order chi connectivity index (χ0) is 25.9. The minimum absolute atomic E-state index is 0.0812. The molecule has 2 aliphatic rings. The van der Waals surface area contributed by atoms with E-state index in [1.807, 2.05) is 37.4 Å². The average molecular weight is 494 g/mol. The molecular weight excluding hydrogens is 459 g/mol. The minimum Gasteiger partial charge on any atom is -0.611 e. The first-order chi connectivity index (χ1) is 17.1. The van der Waals surface area contributed by atoms with Crippen LogP contribution in [0.5, 0.6) is 0 Å². The summed E-state index contributed by atoms with van der Waals surface area (Å²) in [6, 6.07) is 8.87. The molecular formula is C26H35BN4O5. The summed E-state index contributed by atoms with van der Waals surface area (Å²) in [5.74, 6) is -0.920. The number of rotatable bonds is 10. The lowest BCUT2D eigenvalue weighted by atomic mass is 9.51. The normalized spacial score (nSPS) is 26.8. The molecule has 0 spiro atoms. The number of benzene rings is 1. The number of ketones is 1. The van der Waals surface area contributed by atoms with Gasteiger partial charge in [0.25, 0.3) is 5.91 Å². The number of carbonyl (C=O) groups is 3. The molecule has 1 N–H and O–H groups in total. The van der Waals surface area contributed by atoms with E-state index in [2.05, 4.69) is 36.1 Å². The molecule has 2 aromatic rings. The summed E-state index contributed by atoms with van der Waals surface area (Å²) in [5, 5.41) is 2.88. The summed E-state index contributed by atoms with van der Waals surface area (Å²) < 4.78 is 12.6. The molecule has 3 heterocycles. The van der Waals surface area contributed by atoms with E-state index in [-0.39, 0.29) is 48.2 Å². The van der Waals surface area contributed by atoms with Gasteiger partial charge in [0.05, 0.1) is 24.9 Å². The molecule has 9 nitrogen and oxygen atoms in total. The van der Waals surface area contributed by atoms with Crippen LogP contribution in [0.4, 0.5) is 0 Å². The van der Waals surface area contributed by atoms with Gasteiger partial charge in [-0.05, 0) is 37.1 Å². The zero-order valence-corrected chi connectivity index (χ0v) is 21.4. The van der Waals surface area contributed by atoms with Crippen molar-refractivity contribution in [1.29, 1.82) is 0 Å². The molecule has 2 unspecified atom stereocenters. The first-order valence-electron chi connectivity index (χ1n) is 12.6. The van der Waals surface area contributed by atoms with Gasteiger partial charge < -0.3 is 19.0 Å². The highest BCUT2D eigenvalue weighted by Gasteiger charge is 2.67. The van der Waals surface area contributed by atoms with Gasteiger partial charge in [-0.25, -0.2) is 4.98 Å². The predicted molar refractivity (Wildman–Crippen MR) is 135 cm³/mol. The number of aromatic nitrogens is 2. The van der Waals surface area contributed by atoms with E-state index in [9.17, 15) is 14.4 Å². The maximum absolute atomic E-state index is 13.9. The Bertz CT molecular complexity index is 1100. The molecule has 0 bridgehead atoms. The Labute approximate surface area is 212 Å². The molecule has 0 radical (unpaired) electrons. The first kappa shape index (κ1) is 26.0. The maximum Gasteiger partial charge on any atom is 0.531 e. The number of likely N-dealkylation sites (N-methyl/N-ethyl adjacent to an activating group) is 1. The molecule has 0 saturated carbocycles. The molecule has 0 aliphatic carbocycles. The van der Waals surface area contributed by atoms with E-state index in [1.54, 1.807) is 0 Å². The number of hydrogen-bond acceptors (Lipinski definition) is 7. The number of quaternary nitrogens is 1. The van der Waals surface area contributed by atoms with Crippen molar-refractivity contribution in [2.24, 2.45) is 5.92 Å². The fraction of sp³-hybridized carbons (Fsp3) is 0.500. The standard InChI is InChI=1S/C26H35BN4O5/c1-18(2)12-21(27-31(4,16-25(33)36-27)19(3)17-35-27)14-24(32)22(13-20-8-6-5-7-9-20)30-26(34)23-15-28-10-11-29-23/h5-11,15,18-19,21-22H,12-14,16-17H2,1-4H3,(H,30,34)/t19-,21-,22+,27?,31?/m1/s1.